The van der Waals surface area contributed by atoms with Crippen molar-refractivity contribution in [1.29, 1.82) is 0 Å². The molecule has 0 saturated carbocycles. The van der Waals surface area contributed by atoms with Crippen molar-refractivity contribution in [3.05, 3.63) is 23.5 Å². The summed E-state index contributed by atoms with van der Waals surface area (Å²) in [6, 6.07) is 2.21. The van der Waals surface area contributed by atoms with E-state index in [0.29, 0.717) is 12.5 Å². The molecule has 6 nitrogen and oxygen atoms in total. The van der Waals surface area contributed by atoms with Gasteiger partial charge in [0.1, 0.15) is 11.9 Å². The molecule has 0 radical (unpaired) electrons. The van der Waals surface area contributed by atoms with Gasteiger partial charge < -0.3 is 10.5 Å². The van der Waals surface area contributed by atoms with E-state index in [0.717, 1.165) is 55.8 Å². The van der Waals surface area contributed by atoms with Crippen LogP contribution >= 0.6 is 22.9 Å². The van der Waals surface area contributed by atoms with Gasteiger partial charge in [-0.05, 0) is 31.4 Å². The molecule has 0 bridgehead atoms. The summed E-state index contributed by atoms with van der Waals surface area (Å²) in [5.74, 6) is 0.649. The molecule has 2 aliphatic rings. The number of likely N-dealkylation sites (tertiary alicyclic amines) is 1. The van der Waals surface area contributed by atoms with Crippen molar-refractivity contribution in [1.82, 2.24) is 19.8 Å². The summed E-state index contributed by atoms with van der Waals surface area (Å²) in [6.07, 6.45) is 6.06. The first-order valence-corrected chi connectivity index (χ1v) is 10.1. The lowest BCUT2D eigenvalue weighted by Crippen LogP contribution is -2.50. The van der Waals surface area contributed by atoms with Gasteiger partial charge in [0, 0.05) is 37.3 Å². The maximum atomic E-state index is 6.29. The highest BCUT2D eigenvalue weighted by atomic mass is 35.5. The Balaban J connectivity index is 1.63. The average Bonchev–Trinajstić information content (AvgIpc) is 3.06. The van der Waals surface area contributed by atoms with Crippen molar-refractivity contribution < 1.29 is 4.74 Å². The topological polar surface area (TPSA) is 67.5 Å². The summed E-state index contributed by atoms with van der Waals surface area (Å²) < 4.78 is 6.68. The van der Waals surface area contributed by atoms with Crippen LogP contribution in [-0.4, -0.2) is 64.7 Å². The highest BCUT2D eigenvalue weighted by Crippen LogP contribution is 2.36. The Hall–Kier alpha value is -0.830. The first kappa shape index (κ1) is 17.6. The fourth-order valence-electron chi connectivity index (χ4n) is 3.80. The van der Waals surface area contributed by atoms with Gasteiger partial charge in [0.15, 0.2) is 0 Å². The third-order valence-corrected chi connectivity index (χ3v) is 6.56. The second-order valence-corrected chi connectivity index (χ2v) is 8.39. The molecule has 25 heavy (non-hydrogen) atoms. The van der Waals surface area contributed by atoms with Crippen molar-refractivity contribution in [2.75, 3.05) is 39.3 Å². The molecule has 136 valence electrons. The number of piperidine rings is 1. The smallest absolute Gasteiger partial charge is 0.143 e. The number of hydrogen-bond donors (Lipinski definition) is 1. The molecule has 0 spiro atoms. The first-order chi connectivity index (χ1) is 12.2. The van der Waals surface area contributed by atoms with Crippen molar-refractivity contribution in [2.24, 2.45) is 11.7 Å². The minimum Gasteiger partial charge on any atom is -0.360 e. The van der Waals surface area contributed by atoms with E-state index in [1.165, 1.54) is 4.88 Å². The van der Waals surface area contributed by atoms with Gasteiger partial charge in [0.05, 0.1) is 23.0 Å². The van der Waals surface area contributed by atoms with Crippen LogP contribution in [-0.2, 0) is 4.74 Å². The first-order valence-electron chi connectivity index (χ1n) is 8.88. The third-order valence-electron chi connectivity index (χ3n) is 5.20. The Morgan fingerprint density at radius 2 is 2.16 bits per heavy atom. The van der Waals surface area contributed by atoms with Gasteiger partial charge in [-0.3, -0.25) is 9.80 Å². The van der Waals surface area contributed by atoms with Crippen LogP contribution in [0.25, 0.3) is 10.2 Å². The van der Waals surface area contributed by atoms with Gasteiger partial charge in [-0.2, -0.15) is 0 Å². The van der Waals surface area contributed by atoms with E-state index in [1.54, 1.807) is 17.7 Å². The molecule has 8 heteroatoms. The van der Waals surface area contributed by atoms with Gasteiger partial charge in [-0.1, -0.05) is 11.6 Å². The van der Waals surface area contributed by atoms with Crippen molar-refractivity contribution in [3.8, 4) is 0 Å². The number of hydrogen-bond acceptors (Lipinski definition) is 7. The number of nitrogens with two attached hydrogens (primary N) is 1. The zero-order valence-corrected chi connectivity index (χ0v) is 15.8. The molecule has 0 aliphatic carbocycles. The Morgan fingerprint density at radius 3 is 2.88 bits per heavy atom. The number of aromatic nitrogens is 2. The van der Waals surface area contributed by atoms with Crippen molar-refractivity contribution in [2.45, 2.75) is 24.6 Å². The predicted octanol–water partition coefficient (Wildman–Crippen LogP) is 2.26. The highest BCUT2D eigenvalue weighted by Gasteiger charge is 2.34. The fraction of sp³-hybridized carbons (Fsp3) is 0.647. The Kier molecular flexibility index (Phi) is 5.50. The lowest BCUT2D eigenvalue weighted by Gasteiger charge is -2.44. The number of morpholine rings is 1. The number of rotatable bonds is 4. The molecule has 2 unspecified atom stereocenters. The second kappa shape index (κ2) is 7.82. The second-order valence-electron chi connectivity index (χ2n) is 6.79. The Labute approximate surface area is 156 Å². The van der Waals surface area contributed by atoms with E-state index >= 15 is 0 Å². The lowest BCUT2D eigenvalue weighted by atomic mass is 9.96. The molecule has 2 N–H and O–H groups in total. The summed E-state index contributed by atoms with van der Waals surface area (Å²) in [5.41, 5.74) is 6.65. The van der Waals surface area contributed by atoms with E-state index in [9.17, 15) is 0 Å². The van der Waals surface area contributed by atoms with Crippen LogP contribution in [0, 0.1) is 5.92 Å². The maximum absolute atomic E-state index is 6.29. The number of thiophene rings is 1. The summed E-state index contributed by atoms with van der Waals surface area (Å²) in [4.78, 5) is 14.9. The number of ether oxygens (including phenoxy) is 1. The highest BCUT2D eigenvalue weighted by molar-refractivity contribution is 7.19. The van der Waals surface area contributed by atoms with E-state index in [4.69, 9.17) is 22.1 Å². The standard InChI is InChI=1S/C17H24ClN5OS/c18-16-10-23(5-6-24-16)17(22-3-1-12(8-19)2-4-22)14-7-13-15(25-14)9-20-11-21-13/h7,9,11-12,16-17H,1-6,8,10,19H2. The van der Waals surface area contributed by atoms with Crippen LogP contribution in [0.1, 0.15) is 23.9 Å². The van der Waals surface area contributed by atoms with E-state index in [-0.39, 0.29) is 11.7 Å². The molecule has 2 aromatic heterocycles. The van der Waals surface area contributed by atoms with Gasteiger partial charge in [-0.15, -0.1) is 11.3 Å². The van der Waals surface area contributed by atoms with E-state index < -0.39 is 0 Å². The maximum Gasteiger partial charge on any atom is 0.143 e. The molecule has 4 heterocycles. The Morgan fingerprint density at radius 1 is 1.32 bits per heavy atom. The fourth-order valence-corrected chi connectivity index (χ4v) is 5.23. The zero-order chi connectivity index (χ0) is 17.2. The minimum atomic E-state index is -0.244. The average molecular weight is 382 g/mol. The predicted molar refractivity (Wildman–Crippen MR) is 101 cm³/mol. The molecule has 2 aliphatic heterocycles. The number of nitrogens with zero attached hydrogens (tertiary/aromatic N) is 4. The monoisotopic (exact) mass is 381 g/mol. The molecule has 0 amide bonds. The normalized spacial score (nSPS) is 25.4. The molecule has 0 aromatic carbocycles. The van der Waals surface area contributed by atoms with E-state index in [1.807, 2.05) is 6.20 Å². The van der Waals surface area contributed by atoms with Crippen LogP contribution in [0.3, 0.4) is 0 Å². The molecular weight excluding hydrogens is 358 g/mol. The number of fused-ring (bicyclic) bond motifs is 1. The largest absolute Gasteiger partial charge is 0.360 e. The molecule has 2 aromatic rings. The molecule has 4 rings (SSSR count). The van der Waals surface area contributed by atoms with Crippen LogP contribution in [0.15, 0.2) is 18.6 Å². The molecule has 2 atom stereocenters. The van der Waals surface area contributed by atoms with Gasteiger partial charge in [0.25, 0.3) is 0 Å². The lowest BCUT2D eigenvalue weighted by molar-refractivity contribution is -0.0554. The van der Waals surface area contributed by atoms with Crippen LogP contribution in [0.2, 0.25) is 0 Å². The van der Waals surface area contributed by atoms with E-state index in [2.05, 4.69) is 25.8 Å². The third kappa shape index (κ3) is 3.82. The minimum absolute atomic E-state index is 0.225. The van der Waals surface area contributed by atoms with Crippen LogP contribution in [0.5, 0.6) is 0 Å². The van der Waals surface area contributed by atoms with Gasteiger partial charge in [0.2, 0.25) is 0 Å². The van der Waals surface area contributed by atoms with Crippen molar-refractivity contribution >= 4 is 33.2 Å². The summed E-state index contributed by atoms with van der Waals surface area (Å²) in [7, 11) is 0. The number of alkyl halides is 1. The Bertz CT molecular complexity index is 672. The van der Waals surface area contributed by atoms with Gasteiger partial charge in [-0.25, -0.2) is 9.97 Å². The number of halogens is 1. The zero-order valence-electron chi connectivity index (χ0n) is 14.2. The SMILES string of the molecule is NCC1CCN(C(c2cc3ncncc3s2)N2CCOC(Cl)C2)CC1. The summed E-state index contributed by atoms with van der Waals surface area (Å²) in [5, 5.41) is 0. The van der Waals surface area contributed by atoms with Crippen LogP contribution < -0.4 is 5.73 Å². The van der Waals surface area contributed by atoms with Crippen LogP contribution in [0.4, 0.5) is 0 Å². The quantitative estimate of drug-likeness (QED) is 0.819. The summed E-state index contributed by atoms with van der Waals surface area (Å²) in [6.45, 7) is 5.23. The molecular formula is C17H24ClN5OS. The van der Waals surface area contributed by atoms with Gasteiger partial charge >= 0.3 is 0 Å². The summed E-state index contributed by atoms with van der Waals surface area (Å²) >= 11 is 8.07. The van der Waals surface area contributed by atoms with Crippen molar-refractivity contribution in [3.63, 3.8) is 0 Å². The molecule has 2 saturated heterocycles. The molecule has 2 fully saturated rings.